The lowest BCUT2D eigenvalue weighted by Gasteiger charge is -2.33. The molecule has 2 aliphatic heterocycles. The third kappa shape index (κ3) is 4.85. The normalized spacial score (nSPS) is 19.7. The molecule has 2 aliphatic rings. The molecule has 2 atom stereocenters. The van der Waals surface area contributed by atoms with E-state index in [4.69, 9.17) is 4.74 Å². The topological polar surface area (TPSA) is 74.8 Å². The fraction of sp³-hybridized carbons (Fsp3) is 0.321. The number of nitrogens with one attached hydrogen (secondary N) is 1. The van der Waals surface area contributed by atoms with Gasteiger partial charge in [-0.1, -0.05) is 36.4 Å². The molecule has 3 aromatic rings. The molecule has 2 aromatic carbocycles. The molecule has 1 N–H and O–H groups in total. The van der Waals surface area contributed by atoms with E-state index >= 15 is 0 Å². The van der Waals surface area contributed by atoms with E-state index in [1.807, 2.05) is 58.3 Å². The van der Waals surface area contributed by atoms with Gasteiger partial charge in [0, 0.05) is 37.5 Å². The van der Waals surface area contributed by atoms with Gasteiger partial charge >= 0.3 is 0 Å². The highest BCUT2D eigenvalue weighted by Crippen LogP contribution is 2.34. The monoisotopic (exact) mass is 470 g/mol. The molecule has 0 unspecified atom stereocenters. The quantitative estimate of drug-likeness (QED) is 0.569. The van der Waals surface area contributed by atoms with Crippen LogP contribution in [0.4, 0.5) is 11.5 Å². The number of amides is 2. The van der Waals surface area contributed by atoms with Crippen molar-refractivity contribution in [3.63, 3.8) is 0 Å². The molecule has 0 bridgehead atoms. The first-order chi connectivity index (χ1) is 17.1. The first-order valence-electron chi connectivity index (χ1n) is 12.1. The highest BCUT2D eigenvalue weighted by molar-refractivity contribution is 5.99. The van der Waals surface area contributed by atoms with Gasteiger partial charge in [0.15, 0.2) is 0 Å². The molecule has 0 aliphatic carbocycles. The summed E-state index contributed by atoms with van der Waals surface area (Å²) in [6, 6.07) is 21.3. The molecule has 2 fully saturated rings. The smallest absolute Gasteiger partial charge is 0.257 e. The van der Waals surface area contributed by atoms with Crippen LogP contribution in [-0.4, -0.2) is 52.3 Å². The Morgan fingerprint density at radius 3 is 2.74 bits per heavy atom. The van der Waals surface area contributed by atoms with Gasteiger partial charge in [0.1, 0.15) is 11.6 Å². The molecule has 0 radical (unpaired) electrons. The third-order valence-electron chi connectivity index (χ3n) is 6.95. The van der Waals surface area contributed by atoms with Crippen LogP contribution < -0.4 is 10.1 Å². The fourth-order valence-electron chi connectivity index (χ4n) is 5.25. The van der Waals surface area contributed by atoms with Crippen molar-refractivity contribution in [1.29, 1.82) is 0 Å². The molecule has 3 heterocycles. The minimum Gasteiger partial charge on any atom is -0.497 e. The summed E-state index contributed by atoms with van der Waals surface area (Å²) in [6.07, 6.45) is 4.60. The maximum Gasteiger partial charge on any atom is 0.257 e. The number of nitrogens with zero attached hydrogens (tertiary/aromatic N) is 3. The van der Waals surface area contributed by atoms with E-state index in [0.717, 1.165) is 36.3 Å². The van der Waals surface area contributed by atoms with E-state index in [-0.39, 0.29) is 23.9 Å². The zero-order valence-corrected chi connectivity index (χ0v) is 19.9. The predicted molar refractivity (Wildman–Crippen MR) is 135 cm³/mol. The number of hydrogen-bond acceptors (Lipinski definition) is 5. The highest BCUT2D eigenvalue weighted by Gasteiger charge is 2.43. The van der Waals surface area contributed by atoms with Crippen molar-refractivity contribution in [2.75, 3.05) is 19.0 Å². The zero-order valence-electron chi connectivity index (χ0n) is 19.9. The Bertz CT molecular complexity index is 1200. The summed E-state index contributed by atoms with van der Waals surface area (Å²) in [7, 11) is 1.62. The highest BCUT2D eigenvalue weighted by atomic mass is 16.5. The van der Waals surface area contributed by atoms with Crippen LogP contribution in [0.5, 0.6) is 5.75 Å². The lowest BCUT2D eigenvalue weighted by Crippen LogP contribution is -2.47. The number of carbonyl (C=O) groups excluding carboxylic acids is 2. The summed E-state index contributed by atoms with van der Waals surface area (Å²) in [6.45, 7) is 1.21. The summed E-state index contributed by atoms with van der Waals surface area (Å²) >= 11 is 0. The van der Waals surface area contributed by atoms with Gasteiger partial charge < -0.3 is 19.9 Å². The summed E-state index contributed by atoms with van der Waals surface area (Å²) in [5.41, 5.74) is 2.44. The number of carbonyl (C=O) groups is 2. The van der Waals surface area contributed by atoms with Gasteiger partial charge in [0.05, 0.1) is 24.8 Å². The molecule has 1 aromatic heterocycles. The van der Waals surface area contributed by atoms with Crippen molar-refractivity contribution in [3.05, 3.63) is 84.1 Å². The Hall–Kier alpha value is -3.87. The van der Waals surface area contributed by atoms with E-state index in [0.29, 0.717) is 30.9 Å². The number of pyridine rings is 1. The molecule has 0 saturated carbocycles. The largest absolute Gasteiger partial charge is 0.497 e. The van der Waals surface area contributed by atoms with Crippen molar-refractivity contribution in [1.82, 2.24) is 14.8 Å². The first-order valence-corrected chi connectivity index (χ1v) is 12.1. The van der Waals surface area contributed by atoms with Gasteiger partial charge in [0.2, 0.25) is 5.91 Å². The van der Waals surface area contributed by atoms with Gasteiger partial charge in [0.25, 0.3) is 5.91 Å². The molecule has 7 heteroatoms. The average Bonchev–Trinajstić information content (AvgIpc) is 3.24. The Balaban J connectivity index is 1.38. The number of ether oxygens (including phenoxy) is 1. The number of rotatable bonds is 6. The van der Waals surface area contributed by atoms with E-state index in [9.17, 15) is 9.59 Å². The third-order valence-corrected chi connectivity index (χ3v) is 6.95. The number of aromatic nitrogens is 1. The predicted octanol–water partition coefficient (Wildman–Crippen LogP) is 4.63. The van der Waals surface area contributed by atoms with Crippen LogP contribution in [0.25, 0.3) is 0 Å². The van der Waals surface area contributed by atoms with Crippen molar-refractivity contribution in [2.45, 2.75) is 44.3 Å². The first kappa shape index (κ1) is 22.9. The van der Waals surface area contributed by atoms with E-state index < -0.39 is 0 Å². The number of benzene rings is 2. The summed E-state index contributed by atoms with van der Waals surface area (Å²) in [5, 5.41) is 3.28. The second-order valence-corrected chi connectivity index (χ2v) is 9.08. The second-order valence-electron chi connectivity index (χ2n) is 9.08. The standard InChI is InChI=1S/C28H30N4O3/c1-35-22-11-5-10-21(18-22)30-27-23(12-7-16-29-27)28(34)31-17-15-25-24(31)13-6-14-26(33)32(25)19-20-8-3-2-4-9-20/h2-5,7-12,16,18,24-25H,6,13-15,17,19H2,1H3,(H,29,30)/t24-,25-/m0/s1. The fourth-order valence-corrected chi connectivity index (χ4v) is 5.25. The second kappa shape index (κ2) is 10.2. The molecular weight excluding hydrogens is 440 g/mol. The van der Waals surface area contributed by atoms with Crippen LogP contribution in [0.2, 0.25) is 0 Å². The van der Waals surface area contributed by atoms with E-state index in [2.05, 4.69) is 22.4 Å². The number of hydrogen-bond donors (Lipinski definition) is 1. The molecule has 2 saturated heterocycles. The molecule has 35 heavy (non-hydrogen) atoms. The summed E-state index contributed by atoms with van der Waals surface area (Å²) in [5.74, 6) is 1.37. The van der Waals surface area contributed by atoms with Crippen molar-refractivity contribution < 1.29 is 14.3 Å². The van der Waals surface area contributed by atoms with Crippen molar-refractivity contribution in [3.8, 4) is 5.75 Å². The number of methoxy groups -OCH3 is 1. The molecule has 5 rings (SSSR count). The van der Waals surface area contributed by atoms with Crippen LogP contribution in [0.15, 0.2) is 72.9 Å². The van der Waals surface area contributed by atoms with Gasteiger partial charge in [-0.3, -0.25) is 9.59 Å². The van der Waals surface area contributed by atoms with Gasteiger partial charge in [-0.15, -0.1) is 0 Å². The molecule has 7 nitrogen and oxygen atoms in total. The lowest BCUT2D eigenvalue weighted by atomic mass is 10.0. The number of likely N-dealkylation sites (tertiary alicyclic amines) is 2. The maximum absolute atomic E-state index is 13.8. The molecule has 0 spiro atoms. The number of anilines is 2. The summed E-state index contributed by atoms with van der Waals surface area (Å²) < 4.78 is 5.32. The van der Waals surface area contributed by atoms with Gasteiger partial charge in [-0.25, -0.2) is 4.98 Å². The zero-order chi connectivity index (χ0) is 24.2. The van der Waals surface area contributed by atoms with Gasteiger partial charge in [-0.2, -0.15) is 0 Å². The van der Waals surface area contributed by atoms with Crippen LogP contribution in [-0.2, 0) is 11.3 Å². The Morgan fingerprint density at radius 1 is 1.06 bits per heavy atom. The SMILES string of the molecule is COc1cccc(Nc2ncccc2C(=O)N2CC[C@H]3[C@@H]2CCCC(=O)N3Cc2ccccc2)c1. The van der Waals surface area contributed by atoms with Crippen molar-refractivity contribution in [2.24, 2.45) is 0 Å². The van der Waals surface area contributed by atoms with Crippen LogP contribution in [0.1, 0.15) is 41.6 Å². The van der Waals surface area contributed by atoms with Crippen molar-refractivity contribution >= 4 is 23.3 Å². The van der Waals surface area contributed by atoms with Crippen LogP contribution >= 0.6 is 0 Å². The minimum atomic E-state index is -0.0509. The Morgan fingerprint density at radius 2 is 1.91 bits per heavy atom. The van der Waals surface area contributed by atoms with Gasteiger partial charge in [-0.05, 0) is 49.1 Å². The van der Waals surface area contributed by atoms with E-state index in [1.165, 1.54) is 0 Å². The molecular formula is C28H30N4O3. The Labute approximate surface area is 205 Å². The lowest BCUT2D eigenvalue weighted by molar-refractivity contribution is -0.133. The molecule has 180 valence electrons. The average molecular weight is 471 g/mol. The number of fused-ring (bicyclic) bond motifs is 1. The summed E-state index contributed by atoms with van der Waals surface area (Å²) in [4.78, 5) is 35.2. The maximum atomic E-state index is 13.8. The minimum absolute atomic E-state index is 0.00235. The Kier molecular flexibility index (Phi) is 6.66. The van der Waals surface area contributed by atoms with Crippen LogP contribution in [0, 0.1) is 0 Å². The van der Waals surface area contributed by atoms with E-state index in [1.54, 1.807) is 19.4 Å². The van der Waals surface area contributed by atoms with Crippen LogP contribution in [0.3, 0.4) is 0 Å². The molecule has 2 amide bonds.